The zero-order valence-electron chi connectivity index (χ0n) is 11.4. The number of hydrogen-bond acceptors (Lipinski definition) is 3. The largest absolute Gasteiger partial charge is 0.469 e. The third-order valence-corrected chi connectivity index (χ3v) is 3.41. The minimum atomic E-state index is -0.145. The Hall–Kier alpha value is -1.81. The number of H-pyrrole nitrogens is 1. The van der Waals surface area contributed by atoms with Crippen LogP contribution in [0.3, 0.4) is 0 Å². The van der Waals surface area contributed by atoms with Crippen molar-refractivity contribution in [2.75, 3.05) is 13.7 Å². The highest BCUT2D eigenvalue weighted by molar-refractivity contribution is 5.83. The van der Waals surface area contributed by atoms with Gasteiger partial charge in [-0.3, -0.25) is 4.79 Å². The number of fused-ring (bicyclic) bond motifs is 1. The molecular weight excluding hydrogens is 240 g/mol. The molecule has 4 heteroatoms. The Bertz CT molecular complexity index is 548. The lowest BCUT2D eigenvalue weighted by Crippen LogP contribution is -2.28. The van der Waals surface area contributed by atoms with E-state index in [1.54, 1.807) is 0 Å². The molecule has 1 aromatic heterocycles. The lowest BCUT2D eigenvalue weighted by Gasteiger charge is -2.12. The highest BCUT2D eigenvalue weighted by Crippen LogP contribution is 2.17. The van der Waals surface area contributed by atoms with Gasteiger partial charge in [-0.1, -0.05) is 25.1 Å². The maximum Gasteiger partial charge on any atom is 0.309 e. The fourth-order valence-electron chi connectivity index (χ4n) is 2.22. The van der Waals surface area contributed by atoms with Gasteiger partial charge in [-0.15, -0.1) is 0 Å². The molecule has 2 rings (SSSR count). The van der Waals surface area contributed by atoms with Gasteiger partial charge in [0.05, 0.1) is 13.0 Å². The Labute approximate surface area is 113 Å². The van der Waals surface area contributed by atoms with Crippen LogP contribution in [0.1, 0.15) is 18.9 Å². The molecule has 19 heavy (non-hydrogen) atoms. The van der Waals surface area contributed by atoms with Gasteiger partial charge in [0, 0.05) is 30.2 Å². The van der Waals surface area contributed by atoms with Gasteiger partial charge >= 0.3 is 5.97 Å². The van der Waals surface area contributed by atoms with E-state index >= 15 is 0 Å². The van der Waals surface area contributed by atoms with Gasteiger partial charge in [-0.05, 0) is 18.1 Å². The number of carbonyl (C=O) groups excluding carboxylic acids is 1. The molecule has 0 radical (unpaired) electrons. The van der Waals surface area contributed by atoms with Crippen LogP contribution in [-0.4, -0.2) is 24.6 Å². The number of methoxy groups -OCH3 is 1. The van der Waals surface area contributed by atoms with Gasteiger partial charge in [0.1, 0.15) is 0 Å². The lowest BCUT2D eigenvalue weighted by atomic mass is 10.1. The molecule has 0 bridgehead atoms. The van der Waals surface area contributed by atoms with Crippen molar-refractivity contribution < 1.29 is 9.53 Å². The number of hydrogen-bond donors (Lipinski definition) is 2. The van der Waals surface area contributed by atoms with Crippen molar-refractivity contribution in [3.05, 3.63) is 36.0 Å². The second-order valence-corrected chi connectivity index (χ2v) is 4.62. The predicted octanol–water partition coefficient (Wildman–Crippen LogP) is 2.46. The van der Waals surface area contributed by atoms with Crippen LogP contribution in [-0.2, 0) is 16.1 Å². The number of benzene rings is 1. The maximum atomic E-state index is 11.5. The zero-order valence-corrected chi connectivity index (χ0v) is 11.4. The highest BCUT2D eigenvalue weighted by Gasteiger charge is 2.16. The minimum Gasteiger partial charge on any atom is -0.469 e. The molecule has 4 nitrogen and oxygen atoms in total. The molecule has 0 aliphatic rings. The van der Waals surface area contributed by atoms with Crippen LogP contribution in [0.15, 0.2) is 30.5 Å². The molecule has 0 saturated heterocycles. The average molecular weight is 260 g/mol. The second-order valence-electron chi connectivity index (χ2n) is 4.62. The van der Waals surface area contributed by atoms with Crippen LogP contribution >= 0.6 is 0 Å². The van der Waals surface area contributed by atoms with Crippen molar-refractivity contribution >= 4 is 16.9 Å². The molecule has 0 amide bonds. The number of carbonyl (C=O) groups is 1. The Morgan fingerprint density at radius 3 is 2.95 bits per heavy atom. The number of para-hydroxylation sites is 1. The quantitative estimate of drug-likeness (QED) is 0.784. The Kier molecular flexibility index (Phi) is 4.58. The summed E-state index contributed by atoms with van der Waals surface area (Å²) in [5, 5.41) is 4.55. The van der Waals surface area contributed by atoms with E-state index in [4.69, 9.17) is 4.74 Å². The summed E-state index contributed by atoms with van der Waals surface area (Å²) < 4.78 is 4.78. The standard InChI is InChI=1S/C15H20N2O2/c1-3-11(15(18)19-2)8-16-9-12-10-17-14-7-5-4-6-13(12)14/h4-7,10-11,16-17H,3,8-9H2,1-2H3. The summed E-state index contributed by atoms with van der Waals surface area (Å²) in [6, 6.07) is 8.20. The summed E-state index contributed by atoms with van der Waals surface area (Å²) >= 11 is 0. The van der Waals surface area contributed by atoms with E-state index in [0.29, 0.717) is 6.54 Å². The van der Waals surface area contributed by atoms with E-state index in [2.05, 4.69) is 22.4 Å². The summed E-state index contributed by atoms with van der Waals surface area (Å²) in [6.07, 6.45) is 2.80. The topological polar surface area (TPSA) is 54.1 Å². The van der Waals surface area contributed by atoms with E-state index in [9.17, 15) is 4.79 Å². The Morgan fingerprint density at radius 1 is 1.42 bits per heavy atom. The van der Waals surface area contributed by atoms with E-state index < -0.39 is 0 Å². The molecular formula is C15H20N2O2. The van der Waals surface area contributed by atoms with Gasteiger partial charge in [0.2, 0.25) is 0 Å². The van der Waals surface area contributed by atoms with Gasteiger partial charge in [0.15, 0.2) is 0 Å². The fourth-order valence-corrected chi connectivity index (χ4v) is 2.22. The Balaban J connectivity index is 1.94. The second kappa shape index (κ2) is 6.38. The first-order chi connectivity index (χ1) is 9.26. The van der Waals surface area contributed by atoms with Crippen molar-refractivity contribution in [3.63, 3.8) is 0 Å². The van der Waals surface area contributed by atoms with E-state index in [1.165, 1.54) is 18.1 Å². The monoisotopic (exact) mass is 260 g/mol. The number of aromatic nitrogens is 1. The van der Waals surface area contributed by atoms with Crippen molar-refractivity contribution in [2.24, 2.45) is 5.92 Å². The molecule has 102 valence electrons. The predicted molar refractivity (Wildman–Crippen MR) is 75.8 cm³/mol. The summed E-state index contributed by atoms with van der Waals surface area (Å²) in [5.41, 5.74) is 2.36. The number of esters is 1. The number of ether oxygens (including phenoxy) is 1. The minimum absolute atomic E-state index is 0.0739. The van der Waals surface area contributed by atoms with Gasteiger partial charge in [-0.2, -0.15) is 0 Å². The number of nitrogens with one attached hydrogen (secondary N) is 2. The smallest absolute Gasteiger partial charge is 0.309 e. The van der Waals surface area contributed by atoms with Gasteiger partial charge in [0.25, 0.3) is 0 Å². The summed E-state index contributed by atoms with van der Waals surface area (Å²) in [6.45, 7) is 3.38. The molecule has 2 aromatic rings. The van der Waals surface area contributed by atoms with Crippen molar-refractivity contribution in [3.8, 4) is 0 Å². The molecule has 0 spiro atoms. The molecule has 1 heterocycles. The molecule has 1 unspecified atom stereocenters. The molecule has 1 aromatic carbocycles. The molecule has 1 atom stereocenters. The molecule has 2 N–H and O–H groups in total. The maximum absolute atomic E-state index is 11.5. The molecule has 0 fully saturated rings. The first-order valence-corrected chi connectivity index (χ1v) is 6.59. The van der Waals surface area contributed by atoms with Gasteiger partial charge < -0.3 is 15.0 Å². The van der Waals surface area contributed by atoms with Crippen molar-refractivity contribution in [1.82, 2.24) is 10.3 Å². The van der Waals surface area contributed by atoms with Crippen LogP contribution < -0.4 is 5.32 Å². The van der Waals surface area contributed by atoms with E-state index in [1.807, 2.05) is 25.3 Å². The zero-order chi connectivity index (χ0) is 13.7. The third kappa shape index (κ3) is 3.15. The third-order valence-electron chi connectivity index (χ3n) is 3.41. The SMILES string of the molecule is CCC(CNCc1c[nH]c2ccccc12)C(=O)OC. The van der Waals surface area contributed by atoms with Gasteiger partial charge in [-0.25, -0.2) is 0 Å². The summed E-state index contributed by atoms with van der Waals surface area (Å²) in [4.78, 5) is 14.7. The van der Waals surface area contributed by atoms with E-state index in [-0.39, 0.29) is 11.9 Å². The van der Waals surface area contributed by atoms with Crippen molar-refractivity contribution in [2.45, 2.75) is 19.9 Å². The summed E-state index contributed by atoms with van der Waals surface area (Å²) in [7, 11) is 1.44. The van der Waals surface area contributed by atoms with Crippen LogP contribution in [0.4, 0.5) is 0 Å². The molecule has 0 aliphatic heterocycles. The normalized spacial score (nSPS) is 12.5. The highest BCUT2D eigenvalue weighted by atomic mass is 16.5. The Morgan fingerprint density at radius 2 is 2.21 bits per heavy atom. The first-order valence-electron chi connectivity index (χ1n) is 6.59. The summed E-state index contributed by atoms with van der Waals surface area (Å²) in [5.74, 6) is -0.218. The van der Waals surface area contributed by atoms with E-state index in [0.717, 1.165) is 18.5 Å². The first kappa shape index (κ1) is 13.6. The van der Waals surface area contributed by atoms with Crippen LogP contribution in [0, 0.1) is 5.92 Å². The molecule has 0 aliphatic carbocycles. The average Bonchev–Trinajstić information content (AvgIpc) is 2.86. The number of aromatic amines is 1. The van der Waals surface area contributed by atoms with Crippen LogP contribution in [0.2, 0.25) is 0 Å². The van der Waals surface area contributed by atoms with Crippen molar-refractivity contribution in [1.29, 1.82) is 0 Å². The lowest BCUT2D eigenvalue weighted by molar-refractivity contribution is -0.145. The fraction of sp³-hybridized carbons (Fsp3) is 0.400. The number of rotatable bonds is 6. The van der Waals surface area contributed by atoms with Crippen LogP contribution in [0.5, 0.6) is 0 Å². The van der Waals surface area contributed by atoms with Crippen LogP contribution in [0.25, 0.3) is 10.9 Å². The molecule has 0 saturated carbocycles.